The molecule has 2 aliphatic rings. The molecule has 1 N–H and O–H groups in total. The van der Waals surface area contributed by atoms with Crippen LogP contribution >= 0.6 is 11.6 Å². The molecule has 0 aromatic carbocycles. The summed E-state index contributed by atoms with van der Waals surface area (Å²) in [5.74, 6) is -0.636. The van der Waals surface area contributed by atoms with Crippen LogP contribution in [0.4, 0.5) is 0 Å². The predicted octanol–water partition coefficient (Wildman–Crippen LogP) is 0.462. The minimum Gasteiger partial charge on any atom is -0.394 e. The highest BCUT2D eigenvalue weighted by Gasteiger charge is 2.53. The van der Waals surface area contributed by atoms with Gasteiger partial charge in [-0.3, -0.25) is 0 Å². The number of hydrogen-bond acceptors (Lipinski definition) is 4. The minimum atomic E-state index is -0.636. The van der Waals surface area contributed by atoms with E-state index in [4.69, 9.17) is 30.9 Å². The molecule has 2 aliphatic heterocycles. The third kappa shape index (κ3) is 1.57. The van der Waals surface area contributed by atoms with Crippen molar-refractivity contribution < 1.29 is 19.3 Å². The summed E-state index contributed by atoms with van der Waals surface area (Å²) in [6.45, 7) is 3.52. The summed E-state index contributed by atoms with van der Waals surface area (Å²) >= 11 is 6.02. The Morgan fingerprint density at radius 2 is 2.08 bits per heavy atom. The number of fused-ring (bicyclic) bond motifs is 1. The van der Waals surface area contributed by atoms with Crippen LogP contribution in [-0.4, -0.2) is 41.4 Å². The zero-order chi connectivity index (χ0) is 9.64. The van der Waals surface area contributed by atoms with E-state index in [-0.39, 0.29) is 24.2 Å². The fraction of sp³-hybridized carbons (Fsp3) is 1.00. The van der Waals surface area contributed by atoms with Crippen LogP contribution in [0.3, 0.4) is 0 Å². The van der Waals surface area contributed by atoms with Gasteiger partial charge in [-0.2, -0.15) is 0 Å². The highest BCUT2D eigenvalue weighted by Crippen LogP contribution is 2.39. The lowest BCUT2D eigenvalue weighted by molar-refractivity contribution is -0.207. The summed E-state index contributed by atoms with van der Waals surface area (Å²) in [4.78, 5) is 0. The maximum Gasteiger partial charge on any atom is 0.189 e. The highest BCUT2D eigenvalue weighted by atomic mass is 35.5. The number of ether oxygens (including phenoxy) is 3. The highest BCUT2D eigenvalue weighted by molar-refractivity contribution is 6.21. The van der Waals surface area contributed by atoms with E-state index in [0.717, 1.165) is 0 Å². The van der Waals surface area contributed by atoms with Gasteiger partial charge in [0.15, 0.2) is 12.1 Å². The summed E-state index contributed by atoms with van der Waals surface area (Å²) in [7, 11) is 0. The maximum absolute atomic E-state index is 8.90. The first kappa shape index (κ1) is 9.68. The van der Waals surface area contributed by atoms with E-state index >= 15 is 0 Å². The average Bonchev–Trinajstić information content (AvgIpc) is 2.47. The van der Waals surface area contributed by atoms with Gasteiger partial charge in [-0.15, -0.1) is 11.6 Å². The van der Waals surface area contributed by atoms with E-state index in [1.165, 1.54) is 0 Å². The summed E-state index contributed by atoms with van der Waals surface area (Å²) in [5, 5.41) is 8.56. The van der Waals surface area contributed by atoms with Crippen LogP contribution in [0.25, 0.3) is 0 Å². The van der Waals surface area contributed by atoms with Gasteiger partial charge in [0.2, 0.25) is 0 Å². The molecular formula is C8H13ClO4. The first-order valence-corrected chi connectivity index (χ1v) is 4.73. The fourth-order valence-electron chi connectivity index (χ4n) is 1.68. The van der Waals surface area contributed by atoms with E-state index in [9.17, 15) is 0 Å². The van der Waals surface area contributed by atoms with Crippen molar-refractivity contribution in [1.29, 1.82) is 0 Å². The van der Waals surface area contributed by atoms with Gasteiger partial charge in [0.25, 0.3) is 0 Å². The summed E-state index contributed by atoms with van der Waals surface area (Å²) in [6.07, 6.45) is -1.09. The molecule has 2 heterocycles. The number of hydrogen-bond donors (Lipinski definition) is 1. The molecule has 0 aliphatic carbocycles. The third-order valence-corrected chi connectivity index (χ3v) is 2.78. The number of alkyl halides is 1. The minimum absolute atomic E-state index is 0.103. The van der Waals surface area contributed by atoms with Crippen LogP contribution in [0.15, 0.2) is 0 Å². The first-order valence-electron chi connectivity index (χ1n) is 4.29. The molecule has 4 unspecified atom stereocenters. The van der Waals surface area contributed by atoms with Crippen molar-refractivity contribution in [3.05, 3.63) is 0 Å². The third-order valence-electron chi connectivity index (χ3n) is 2.25. The second kappa shape index (κ2) is 3.07. The van der Waals surface area contributed by atoms with Crippen molar-refractivity contribution in [3.8, 4) is 0 Å². The molecule has 0 bridgehead atoms. The van der Waals surface area contributed by atoms with Gasteiger partial charge in [-0.25, -0.2) is 0 Å². The van der Waals surface area contributed by atoms with Gasteiger partial charge < -0.3 is 19.3 Å². The molecule has 2 saturated heterocycles. The Bertz CT molecular complexity index is 208. The van der Waals surface area contributed by atoms with Crippen molar-refractivity contribution >= 4 is 11.6 Å². The molecule has 4 atom stereocenters. The van der Waals surface area contributed by atoms with E-state index in [1.54, 1.807) is 0 Å². The van der Waals surface area contributed by atoms with Crippen LogP contribution in [-0.2, 0) is 14.2 Å². The maximum atomic E-state index is 8.90. The number of halogens is 1. The van der Waals surface area contributed by atoms with Crippen molar-refractivity contribution in [2.24, 2.45) is 0 Å². The van der Waals surface area contributed by atoms with Crippen LogP contribution in [0.2, 0.25) is 0 Å². The molecule has 0 aromatic rings. The zero-order valence-electron chi connectivity index (χ0n) is 7.57. The van der Waals surface area contributed by atoms with Gasteiger partial charge in [-0.1, -0.05) is 0 Å². The Morgan fingerprint density at radius 3 is 2.62 bits per heavy atom. The molecular weight excluding hydrogens is 196 g/mol. The fourth-order valence-corrected chi connectivity index (χ4v) is 1.99. The van der Waals surface area contributed by atoms with E-state index in [2.05, 4.69) is 0 Å². The van der Waals surface area contributed by atoms with Crippen LogP contribution < -0.4 is 0 Å². The average molecular weight is 209 g/mol. The molecule has 0 amide bonds. The van der Waals surface area contributed by atoms with Gasteiger partial charge in [0, 0.05) is 0 Å². The molecule has 0 aromatic heterocycles. The second-order valence-corrected chi connectivity index (χ2v) is 4.27. The lowest BCUT2D eigenvalue weighted by atomic mass is 10.2. The van der Waals surface area contributed by atoms with Crippen molar-refractivity contribution in [2.45, 2.75) is 43.5 Å². The molecule has 2 fully saturated rings. The SMILES string of the molecule is CC1(C)OC2OC(CO)C(Cl)C2O1. The van der Waals surface area contributed by atoms with Crippen LogP contribution in [0, 0.1) is 0 Å². The molecule has 5 heteroatoms. The number of aliphatic hydroxyl groups excluding tert-OH is 1. The number of rotatable bonds is 1. The Hall–Kier alpha value is 0.130. The lowest BCUT2D eigenvalue weighted by Gasteiger charge is -2.21. The monoisotopic (exact) mass is 208 g/mol. The number of aliphatic hydroxyl groups is 1. The van der Waals surface area contributed by atoms with Crippen LogP contribution in [0.1, 0.15) is 13.8 Å². The van der Waals surface area contributed by atoms with E-state index in [1.807, 2.05) is 13.8 Å². The lowest BCUT2D eigenvalue weighted by Crippen LogP contribution is -2.32. The quantitative estimate of drug-likeness (QED) is 0.637. The van der Waals surface area contributed by atoms with E-state index < -0.39 is 12.1 Å². The standard InChI is InChI=1S/C8H13ClO4/c1-8(2)12-6-5(9)4(3-10)11-7(6)13-8/h4-7,10H,3H2,1-2H3. The molecule has 4 nitrogen and oxygen atoms in total. The molecule has 0 spiro atoms. The van der Waals surface area contributed by atoms with Gasteiger partial charge in [0.05, 0.1) is 12.0 Å². The smallest absolute Gasteiger partial charge is 0.189 e. The Kier molecular flexibility index (Phi) is 2.28. The van der Waals surface area contributed by atoms with Crippen molar-refractivity contribution in [1.82, 2.24) is 0 Å². The van der Waals surface area contributed by atoms with Crippen molar-refractivity contribution in [3.63, 3.8) is 0 Å². The Balaban J connectivity index is 2.07. The summed E-state index contributed by atoms with van der Waals surface area (Å²) in [6, 6.07) is 0. The molecule has 2 rings (SSSR count). The second-order valence-electron chi connectivity index (χ2n) is 3.77. The molecule has 13 heavy (non-hydrogen) atoms. The normalized spacial score (nSPS) is 48.0. The molecule has 0 saturated carbocycles. The summed E-state index contributed by atoms with van der Waals surface area (Å²) in [5.41, 5.74) is 0. The first-order chi connectivity index (χ1) is 6.03. The largest absolute Gasteiger partial charge is 0.394 e. The zero-order valence-corrected chi connectivity index (χ0v) is 8.32. The Labute approximate surface area is 81.7 Å². The van der Waals surface area contributed by atoms with Gasteiger partial charge in [0.1, 0.15) is 12.2 Å². The summed E-state index contributed by atoms with van der Waals surface area (Å²) < 4.78 is 16.3. The van der Waals surface area contributed by atoms with Crippen LogP contribution in [0.5, 0.6) is 0 Å². The predicted molar refractivity (Wildman–Crippen MR) is 45.4 cm³/mol. The molecule has 0 radical (unpaired) electrons. The van der Waals surface area contributed by atoms with E-state index in [0.29, 0.717) is 0 Å². The molecule has 76 valence electrons. The van der Waals surface area contributed by atoms with Gasteiger partial charge in [-0.05, 0) is 13.8 Å². The van der Waals surface area contributed by atoms with Crippen molar-refractivity contribution in [2.75, 3.05) is 6.61 Å². The van der Waals surface area contributed by atoms with Gasteiger partial charge >= 0.3 is 0 Å². The Morgan fingerprint density at radius 1 is 1.38 bits per heavy atom. The topological polar surface area (TPSA) is 47.9 Å².